The van der Waals surface area contributed by atoms with Crippen LogP contribution in [-0.2, 0) is 0 Å². The predicted octanol–water partition coefficient (Wildman–Crippen LogP) is 4.12. The van der Waals surface area contributed by atoms with Crippen molar-refractivity contribution in [1.82, 2.24) is 0 Å². The molecular formula is C23H34N2O2Si2. The van der Waals surface area contributed by atoms with E-state index in [0.717, 1.165) is 27.9 Å². The molecule has 0 aliphatic carbocycles. The summed E-state index contributed by atoms with van der Waals surface area (Å²) >= 11 is 0. The molecule has 0 aliphatic heterocycles. The van der Waals surface area contributed by atoms with Gasteiger partial charge in [0.05, 0.1) is 16.1 Å². The Balaban J connectivity index is 1.91. The van der Waals surface area contributed by atoms with E-state index in [2.05, 4.69) is 49.3 Å². The van der Waals surface area contributed by atoms with Crippen LogP contribution in [0.25, 0.3) is 0 Å². The van der Waals surface area contributed by atoms with Crippen molar-refractivity contribution >= 4 is 39.0 Å². The number of aromatic hydroxyl groups is 2. The summed E-state index contributed by atoms with van der Waals surface area (Å²) in [4.78, 5) is 8.89. The highest BCUT2D eigenvalue weighted by molar-refractivity contribution is 6.89. The maximum Gasteiger partial charge on any atom is 0.123 e. The van der Waals surface area contributed by atoms with Gasteiger partial charge in [0.1, 0.15) is 11.5 Å². The van der Waals surface area contributed by atoms with Crippen molar-refractivity contribution in [3.05, 3.63) is 47.5 Å². The van der Waals surface area contributed by atoms with Gasteiger partial charge in [0.2, 0.25) is 0 Å². The van der Waals surface area contributed by atoms with Gasteiger partial charge < -0.3 is 10.2 Å². The second-order valence-electron chi connectivity index (χ2n) is 9.41. The minimum Gasteiger partial charge on any atom is -0.507 e. The number of para-hydroxylation sites is 2. The van der Waals surface area contributed by atoms with E-state index in [0.29, 0.717) is 24.6 Å². The Hall–Kier alpha value is -2.19. The Morgan fingerprint density at radius 2 is 1.07 bits per heavy atom. The zero-order chi connectivity index (χ0) is 21.7. The molecular weight excluding hydrogens is 392 g/mol. The standard InChI is InChI=1S/C23H34N2O2Si2/c1-28(2,3)20-12-7-10-18(22(20)26)16-24-14-9-15-25-17-19-11-8-13-21(23(19)27)29(4,5)6/h7-8,10-13,16-17,26-27H,9,14-15H2,1-6H3. The third-order valence-corrected chi connectivity index (χ3v) is 8.82. The molecule has 0 saturated heterocycles. The van der Waals surface area contributed by atoms with Gasteiger partial charge in [-0.25, -0.2) is 0 Å². The van der Waals surface area contributed by atoms with Gasteiger partial charge in [0.15, 0.2) is 0 Å². The molecule has 2 aromatic carbocycles. The molecule has 0 spiro atoms. The molecule has 2 rings (SSSR count). The molecule has 6 heteroatoms. The molecule has 0 heterocycles. The van der Waals surface area contributed by atoms with E-state index in [9.17, 15) is 10.2 Å². The van der Waals surface area contributed by atoms with Crippen molar-refractivity contribution < 1.29 is 10.2 Å². The van der Waals surface area contributed by atoms with E-state index in [-0.39, 0.29) is 0 Å². The minimum absolute atomic E-state index is 0.367. The van der Waals surface area contributed by atoms with Crippen LogP contribution in [0, 0.1) is 0 Å². The number of nitrogens with zero attached hydrogens (tertiary/aromatic N) is 2. The Kier molecular flexibility index (Phi) is 7.60. The zero-order valence-electron chi connectivity index (χ0n) is 18.5. The highest BCUT2D eigenvalue weighted by Gasteiger charge is 2.22. The highest BCUT2D eigenvalue weighted by Crippen LogP contribution is 2.18. The first-order chi connectivity index (χ1) is 13.5. The summed E-state index contributed by atoms with van der Waals surface area (Å²) in [6.07, 6.45) is 4.33. The van der Waals surface area contributed by atoms with Crippen molar-refractivity contribution in [1.29, 1.82) is 0 Å². The van der Waals surface area contributed by atoms with Gasteiger partial charge in [-0.15, -0.1) is 0 Å². The Morgan fingerprint density at radius 3 is 1.41 bits per heavy atom. The van der Waals surface area contributed by atoms with Gasteiger partial charge in [-0.2, -0.15) is 0 Å². The monoisotopic (exact) mass is 426 g/mol. The summed E-state index contributed by atoms with van der Waals surface area (Å²) in [5.41, 5.74) is 1.56. The molecule has 0 atom stereocenters. The Morgan fingerprint density at radius 1 is 0.690 bits per heavy atom. The molecule has 0 bridgehead atoms. The molecule has 0 fully saturated rings. The smallest absolute Gasteiger partial charge is 0.123 e. The first kappa shape index (κ1) is 23.1. The lowest BCUT2D eigenvalue weighted by molar-refractivity contribution is 0.478. The lowest BCUT2D eigenvalue weighted by atomic mass is 10.2. The lowest BCUT2D eigenvalue weighted by Crippen LogP contribution is -2.37. The van der Waals surface area contributed by atoms with Crippen molar-refractivity contribution in [3.8, 4) is 11.5 Å². The predicted molar refractivity (Wildman–Crippen MR) is 132 cm³/mol. The first-order valence-electron chi connectivity index (χ1n) is 10.2. The number of phenolic OH excluding ortho intramolecular Hbond substituents is 2. The molecule has 2 aromatic rings. The van der Waals surface area contributed by atoms with E-state index in [1.807, 2.05) is 36.4 Å². The maximum absolute atomic E-state index is 10.5. The van der Waals surface area contributed by atoms with Gasteiger partial charge in [0, 0.05) is 36.6 Å². The summed E-state index contributed by atoms with van der Waals surface area (Å²) in [6.45, 7) is 14.6. The molecule has 29 heavy (non-hydrogen) atoms. The van der Waals surface area contributed by atoms with Gasteiger partial charge >= 0.3 is 0 Å². The first-order valence-corrected chi connectivity index (χ1v) is 17.2. The van der Waals surface area contributed by atoms with Crippen molar-refractivity contribution in [3.63, 3.8) is 0 Å². The summed E-state index contributed by atoms with van der Waals surface area (Å²) in [5, 5.41) is 23.1. The van der Waals surface area contributed by atoms with E-state index in [4.69, 9.17) is 0 Å². The number of rotatable bonds is 8. The number of hydrogen-bond donors (Lipinski definition) is 2. The van der Waals surface area contributed by atoms with Gasteiger partial charge in [-0.3, -0.25) is 9.98 Å². The lowest BCUT2D eigenvalue weighted by Gasteiger charge is -2.19. The SMILES string of the molecule is C[Si](C)(C)c1cccc(C=NCCCN=Cc2cccc([Si](C)(C)C)c2O)c1O. The average molecular weight is 427 g/mol. The fraction of sp³-hybridized carbons (Fsp3) is 0.391. The molecule has 0 unspecified atom stereocenters. The number of aliphatic imine (C=N–C) groups is 2. The van der Waals surface area contributed by atoms with E-state index in [1.165, 1.54) is 0 Å². The summed E-state index contributed by atoms with van der Waals surface area (Å²) in [6, 6.07) is 11.8. The number of hydrogen-bond acceptors (Lipinski definition) is 4. The highest BCUT2D eigenvalue weighted by atomic mass is 28.3. The van der Waals surface area contributed by atoms with E-state index < -0.39 is 16.1 Å². The summed E-state index contributed by atoms with van der Waals surface area (Å²) in [5.74, 6) is 0.734. The van der Waals surface area contributed by atoms with Crippen LogP contribution in [0.1, 0.15) is 17.5 Å². The van der Waals surface area contributed by atoms with Crippen LogP contribution in [0.3, 0.4) is 0 Å². The fourth-order valence-electron chi connectivity index (χ4n) is 3.12. The van der Waals surface area contributed by atoms with Crippen molar-refractivity contribution in [2.75, 3.05) is 13.1 Å². The van der Waals surface area contributed by atoms with Crippen LogP contribution in [0.4, 0.5) is 0 Å². The second kappa shape index (κ2) is 9.54. The van der Waals surface area contributed by atoms with Crippen LogP contribution in [0.15, 0.2) is 46.4 Å². The molecule has 0 radical (unpaired) electrons. The summed E-state index contributed by atoms with van der Waals surface area (Å²) < 4.78 is 0. The quantitative estimate of drug-likeness (QED) is 0.379. The topological polar surface area (TPSA) is 65.2 Å². The van der Waals surface area contributed by atoms with Crippen LogP contribution >= 0.6 is 0 Å². The largest absolute Gasteiger partial charge is 0.507 e. The Labute approximate surface area is 177 Å². The molecule has 0 aromatic heterocycles. The third-order valence-electron chi connectivity index (χ3n) is 4.79. The third kappa shape index (κ3) is 6.40. The summed E-state index contributed by atoms with van der Waals surface area (Å²) in [7, 11) is -3.15. The van der Waals surface area contributed by atoms with Gasteiger partial charge in [-0.1, -0.05) is 63.5 Å². The second-order valence-corrected chi connectivity index (χ2v) is 19.5. The fourth-order valence-corrected chi connectivity index (χ4v) is 6.02. The molecule has 2 N–H and O–H groups in total. The number of benzene rings is 2. The zero-order valence-corrected chi connectivity index (χ0v) is 20.5. The Bertz CT molecular complexity index is 821. The van der Waals surface area contributed by atoms with Crippen LogP contribution in [-0.4, -0.2) is 51.9 Å². The minimum atomic E-state index is -1.58. The number of phenols is 2. The molecule has 0 aliphatic rings. The molecule has 0 saturated carbocycles. The van der Waals surface area contributed by atoms with Gasteiger partial charge in [-0.05, 0) is 28.9 Å². The normalized spacial score (nSPS) is 12.9. The van der Waals surface area contributed by atoms with Crippen LogP contribution < -0.4 is 10.4 Å². The van der Waals surface area contributed by atoms with E-state index >= 15 is 0 Å². The van der Waals surface area contributed by atoms with Crippen molar-refractivity contribution in [2.24, 2.45) is 9.98 Å². The molecule has 0 amide bonds. The molecule has 4 nitrogen and oxygen atoms in total. The average Bonchev–Trinajstić information content (AvgIpc) is 2.61. The van der Waals surface area contributed by atoms with Gasteiger partial charge in [0.25, 0.3) is 0 Å². The van der Waals surface area contributed by atoms with Crippen LogP contribution in [0.5, 0.6) is 11.5 Å². The molecule has 156 valence electrons. The van der Waals surface area contributed by atoms with E-state index in [1.54, 1.807) is 12.4 Å². The maximum atomic E-state index is 10.5. The van der Waals surface area contributed by atoms with Crippen molar-refractivity contribution in [2.45, 2.75) is 45.7 Å². The van der Waals surface area contributed by atoms with Crippen LogP contribution in [0.2, 0.25) is 39.3 Å².